The van der Waals surface area contributed by atoms with Crippen molar-refractivity contribution in [2.75, 3.05) is 13.1 Å². The zero-order chi connectivity index (χ0) is 5.28. The predicted molar refractivity (Wildman–Crippen MR) is 30.1 cm³/mol. The average Bonchev–Trinajstić information content (AvgIpc) is 1.87. The van der Waals surface area contributed by atoms with Gasteiger partial charge in [0.15, 0.2) is 0 Å². The minimum absolute atomic E-state index is 0.330. The molecule has 0 aromatic rings. The molecule has 0 aliphatic carbocycles. The molecule has 40 valence electrons. The van der Waals surface area contributed by atoms with Crippen LogP contribution in [-0.4, -0.2) is 22.8 Å². The fourth-order valence-electron chi connectivity index (χ4n) is 0.595. The Kier molecular flexibility index (Phi) is 1.44. The quantitative estimate of drug-likeness (QED) is 0.488. The van der Waals surface area contributed by atoms with Crippen molar-refractivity contribution in [3.05, 3.63) is 0 Å². The number of hydrogen-bond donors (Lipinski definition) is 0. The van der Waals surface area contributed by atoms with E-state index in [-0.39, 0.29) is 0 Å². The summed E-state index contributed by atoms with van der Waals surface area (Å²) in [6.07, 6.45) is 0.714. The second-order valence-electron chi connectivity index (χ2n) is 1.63. The molecule has 1 saturated heterocycles. The monoisotopic (exact) mass is 163 g/mol. The van der Waals surface area contributed by atoms with Gasteiger partial charge in [-0.3, -0.25) is 4.79 Å². The first-order valence-electron chi connectivity index (χ1n) is 2.21. The van der Waals surface area contributed by atoms with E-state index in [1.54, 1.807) is 0 Å². The molecule has 0 unspecified atom stereocenters. The summed E-state index contributed by atoms with van der Waals surface area (Å²) >= 11 is 3.19. The highest BCUT2D eigenvalue weighted by molar-refractivity contribution is 9.07. The third-order valence-corrected chi connectivity index (χ3v) is 1.59. The molecule has 0 radical (unpaired) electrons. The van der Waals surface area contributed by atoms with Crippen LogP contribution in [0.5, 0.6) is 0 Å². The van der Waals surface area contributed by atoms with Crippen molar-refractivity contribution in [1.82, 2.24) is 3.93 Å². The maximum Gasteiger partial charge on any atom is 0.149 e. The molecule has 1 aliphatic rings. The van der Waals surface area contributed by atoms with E-state index in [1.165, 1.54) is 0 Å². The van der Waals surface area contributed by atoms with Crippen LogP contribution in [0.15, 0.2) is 0 Å². The van der Waals surface area contributed by atoms with Gasteiger partial charge in [-0.05, 0) is 0 Å². The van der Waals surface area contributed by atoms with Crippen LogP contribution < -0.4 is 0 Å². The SMILES string of the molecule is O=C1CCN(Br)C1. The lowest BCUT2D eigenvalue weighted by atomic mass is 10.4. The zero-order valence-corrected chi connectivity index (χ0v) is 5.44. The van der Waals surface area contributed by atoms with Gasteiger partial charge in [-0.1, -0.05) is 0 Å². The molecule has 0 N–H and O–H groups in total. The highest BCUT2D eigenvalue weighted by atomic mass is 79.9. The number of hydrogen-bond acceptors (Lipinski definition) is 2. The number of rotatable bonds is 0. The van der Waals surface area contributed by atoms with E-state index in [1.807, 2.05) is 3.93 Å². The summed E-state index contributed by atoms with van der Waals surface area (Å²) in [7, 11) is 0. The highest BCUT2D eigenvalue weighted by Gasteiger charge is 2.15. The largest absolute Gasteiger partial charge is 0.298 e. The number of carbonyl (C=O) groups excluding carboxylic acids is 1. The molecule has 0 saturated carbocycles. The standard InChI is InChI=1S/C4H6BrNO/c5-6-2-1-4(7)3-6/h1-3H2. The third kappa shape index (κ3) is 1.24. The second kappa shape index (κ2) is 1.92. The van der Waals surface area contributed by atoms with Crippen LogP contribution in [-0.2, 0) is 4.79 Å². The van der Waals surface area contributed by atoms with Crippen molar-refractivity contribution in [1.29, 1.82) is 0 Å². The molecule has 0 aromatic heterocycles. The van der Waals surface area contributed by atoms with E-state index < -0.39 is 0 Å². The van der Waals surface area contributed by atoms with Gasteiger partial charge < -0.3 is 0 Å². The van der Waals surface area contributed by atoms with E-state index in [0.29, 0.717) is 18.7 Å². The lowest BCUT2D eigenvalue weighted by Crippen LogP contribution is -2.05. The molecule has 7 heavy (non-hydrogen) atoms. The number of halogens is 1. The summed E-state index contributed by atoms with van der Waals surface area (Å²) in [4.78, 5) is 10.4. The predicted octanol–water partition coefficient (Wildman–Crippen LogP) is 0.571. The van der Waals surface area contributed by atoms with Gasteiger partial charge in [0.1, 0.15) is 5.78 Å². The fourth-order valence-corrected chi connectivity index (χ4v) is 1.05. The van der Waals surface area contributed by atoms with Crippen molar-refractivity contribution < 1.29 is 4.79 Å². The summed E-state index contributed by atoms with van der Waals surface area (Å²) < 4.78 is 1.84. The first-order valence-corrected chi connectivity index (χ1v) is 2.92. The van der Waals surface area contributed by atoms with Crippen molar-refractivity contribution in [2.45, 2.75) is 6.42 Å². The summed E-state index contributed by atoms with van der Waals surface area (Å²) in [6, 6.07) is 0. The van der Waals surface area contributed by atoms with Gasteiger partial charge in [0, 0.05) is 29.1 Å². The molecule has 3 heteroatoms. The Bertz CT molecular complexity index is 93.7. The van der Waals surface area contributed by atoms with Gasteiger partial charge in [-0.2, -0.15) is 0 Å². The third-order valence-electron chi connectivity index (χ3n) is 0.981. The molecule has 0 amide bonds. The van der Waals surface area contributed by atoms with Crippen LogP contribution in [0, 0.1) is 0 Å². The summed E-state index contributed by atoms with van der Waals surface area (Å²) in [6.45, 7) is 1.46. The summed E-state index contributed by atoms with van der Waals surface area (Å²) in [5.41, 5.74) is 0. The molecule has 1 heterocycles. The van der Waals surface area contributed by atoms with Crippen LogP contribution in [0.3, 0.4) is 0 Å². The molecular weight excluding hydrogens is 158 g/mol. The molecule has 1 rings (SSSR count). The molecular formula is C4H6BrNO. The Hall–Kier alpha value is 0.110. The van der Waals surface area contributed by atoms with Gasteiger partial charge in [0.2, 0.25) is 0 Å². The molecule has 0 aromatic carbocycles. The number of Topliss-reactive ketones (excluding diaryl/α,β-unsaturated/α-hetero) is 1. The second-order valence-corrected chi connectivity index (χ2v) is 2.64. The number of nitrogens with zero attached hydrogens (tertiary/aromatic N) is 1. The Balaban J connectivity index is 2.40. The molecule has 1 fully saturated rings. The first-order chi connectivity index (χ1) is 3.29. The average molecular weight is 164 g/mol. The Morgan fingerprint density at radius 1 is 1.71 bits per heavy atom. The van der Waals surface area contributed by atoms with Crippen LogP contribution in [0.4, 0.5) is 0 Å². The van der Waals surface area contributed by atoms with Gasteiger partial charge in [0.05, 0.1) is 6.54 Å². The van der Waals surface area contributed by atoms with Crippen molar-refractivity contribution in [3.8, 4) is 0 Å². The number of ketones is 1. The van der Waals surface area contributed by atoms with Gasteiger partial charge in [0.25, 0.3) is 0 Å². The molecule has 1 aliphatic heterocycles. The van der Waals surface area contributed by atoms with Crippen LogP contribution >= 0.6 is 16.1 Å². The first kappa shape index (κ1) is 5.25. The van der Waals surface area contributed by atoms with Crippen LogP contribution in [0.1, 0.15) is 6.42 Å². The smallest absolute Gasteiger partial charge is 0.149 e. The molecule has 0 atom stereocenters. The van der Waals surface area contributed by atoms with Gasteiger partial charge in [-0.25, -0.2) is 3.93 Å². The van der Waals surface area contributed by atoms with E-state index in [4.69, 9.17) is 0 Å². The topological polar surface area (TPSA) is 20.3 Å². The Morgan fingerprint density at radius 3 is 2.57 bits per heavy atom. The van der Waals surface area contributed by atoms with E-state index >= 15 is 0 Å². The van der Waals surface area contributed by atoms with Crippen molar-refractivity contribution in [3.63, 3.8) is 0 Å². The summed E-state index contributed by atoms with van der Waals surface area (Å²) in [5, 5.41) is 0. The van der Waals surface area contributed by atoms with Gasteiger partial charge in [-0.15, -0.1) is 0 Å². The van der Waals surface area contributed by atoms with E-state index in [9.17, 15) is 4.79 Å². The van der Waals surface area contributed by atoms with E-state index in [2.05, 4.69) is 16.1 Å². The van der Waals surface area contributed by atoms with Crippen molar-refractivity contribution >= 4 is 21.9 Å². The summed E-state index contributed by atoms with van der Waals surface area (Å²) in [5.74, 6) is 0.330. The minimum atomic E-state index is 0.330. The lowest BCUT2D eigenvalue weighted by molar-refractivity contribution is -0.116. The zero-order valence-electron chi connectivity index (χ0n) is 3.85. The van der Waals surface area contributed by atoms with Crippen LogP contribution in [0.25, 0.3) is 0 Å². The fraction of sp³-hybridized carbons (Fsp3) is 0.750. The van der Waals surface area contributed by atoms with Crippen molar-refractivity contribution in [2.24, 2.45) is 0 Å². The normalized spacial score (nSPS) is 23.9. The molecule has 0 spiro atoms. The maximum absolute atomic E-state index is 10.4. The minimum Gasteiger partial charge on any atom is -0.298 e. The lowest BCUT2D eigenvalue weighted by Gasteiger charge is -1.95. The maximum atomic E-state index is 10.4. The Morgan fingerprint density at radius 2 is 2.43 bits per heavy atom. The molecule has 0 bridgehead atoms. The Labute approximate surface area is 50.8 Å². The number of carbonyl (C=O) groups is 1. The van der Waals surface area contributed by atoms with Crippen LogP contribution in [0.2, 0.25) is 0 Å². The molecule has 2 nitrogen and oxygen atoms in total. The highest BCUT2D eigenvalue weighted by Crippen LogP contribution is 2.07. The van der Waals surface area contributed by atoms with E-state index in [0.717, 1.165) is 6.54 Å². The van der Waals surface area contributed by atoms with Gasteiger partial charge >= 0.3 is 0 Å².